The highest BCUT2D eigenvalue weighted by Gasteiger charge is 2.25. The van der Waals surface area contributed by atoms with Crippen LogP contribution in [0.2, 0.25) is 5.02 Å². The zero-order valence-corrected chi connectivity index (χ0v) is 19.7. The first-order chi connectivity index (χ1) is 15.4. The number of nitrogens with zero attached hydrogens (tertiary/aromatic N) is 1. The minimum Gasteiger partial charge on any atom is -0.350 e. The molecule has 0 spiro atoms. The third-order valence-electron chi connectivity index (χ3n) is 5.43. The summed E-state index contributed by atoms with van der Waals surface area (Å²) in [5, 5.41) is 5.33. The number of amides is 1. The van der Waals surface area contributed by atoms with E-state index in [2.05, 4.69) is 21.0 Å². The maximum atomic E-state index is 12.9. The normalized spacial score (nSPS) is 15.4. The summed E-state index contributed by atoms with van der Waals surface area (Å²) in [6.45, 7) is 2.49. The highest BCUT2D eigenvalue weighted by Crippen LogP contribution is 2.28. The fraction of sp³-hybridized carbons (Fsp3) is 0.261. The molecule has 1 amide bonds. The van der Waals surface area contributed by atoms with Crippen LogP contribution in [0.5, 0.6) is 0 Å². The zero-order valence-electron chi connectivity index (χ0n) is 17.3. The maximum Gasteiger partial charge on any atom is 0.261 e. The second-order valence-corrected chi connectivity index (χ2v) is 10.7. The maximum absolute atomic E-state index is 12.9. The van der Waals surface area contributed by atoms with Crippen molar-refractivity contribution in [3.63, 3.8) is 0 Å². The van der Waals surface area contributed by atoms with E-state index in [0.717, 1.165) is 25.9 Å². The summed E-state index contributed by atoms with van der Waals surface area (Å²) in [5.41, 5.74) is 0.576. The fourth-order valence-corrected chi connectivity index (χ4v) is 6.01. The number of hydrogen-bond donors (Lipinski definition) is 2. The van der Waals surface area contributed by atoms with Crippen LogP contribution in [-0.2, 0) is 10.0 Å². The third-order valence-corrected chi connectivity index (χ3v) is 8.10. The molecule has 1 fully saturated rings. The lowest BCUT2D eigenvalue weighted by Gasteiger charge is -2.27. The number of anilines is 1. The number of rotatable bonds is 8. The summed E-state index contributed by atoms with van der Waals surface area (Å²) in [7, 11) is -3.89. The Morgan fingerprint density at radius 1 is 1.06 bits per heavy atom. The third kappa shape index (κ3) is 5.32. The summed E-state index contributed by atoms with van der Waals surface area (Å²) in [5.74, 6) is -0.305. The van der Waals surface area contributed by atoms with E-state index in [9.17, 15) is 13.2 Å². The monoisotopic (exact) mass is 489 g/mol. The Morgan fingerprint density at radius 3 is 2.56 bits per heavy atom. The molecule has 2 N–H and O–H groups in total. The standard InChI is InChI=1S/C23H24ClN3O3S2/c24-19-9-1-2-10-20(19)26-32(29,30)18-8-5-7-17(15-18)23(28)25-16-21(22-11-6-14-31-22)27-12-3-4-13-27/h1-2,5-11,14-15,21,26H,3-4,12-13,16H2,(H,25,28). The van der Waals surface area contributed by atoms with E-state index in [4.69, 9.17) is 11.6 Å². The average Bonchev–Trinajstić information content (AvgIpc) is 3.50. The van der Waals surface area contributed by atoms with Gasteiger partial charge in [0, 0.05) is 17.0 Å². The van der Waals surface area contributed by atoms with Crippen LogP contribution in [-0.4, -0.2) is 38.9 Å². The zero-order chi connectivity index (χ0) is 22.6. The van der Waals surface area contributed by atoms with Gasteiger partial charge < -0.3 is 5.32 Å². The molecule has 0 aliphatic carbocycles. The summed E-state index contributed by atoms with van der Waals surface area (Å²) in [6, 6.07) is 16.8. The van der Waals surface area contributed by atoms with Crippen molar-refractivity contribution in [1.29, 1.82) is 0 Å². The fourth-order valence-electron chi connectivity index (χ4n) is 3.79. The molecule has 6 nitrogen and oxygen atoms in total. The number of hydrogen-bond acceptors (Lipinski definition) is 5. The largest absolute Gasteiger partial charge is 0.350 e. The van der Waals surface area contributed by atoms with Gasteiger partial charge in [0.15, 0.2) is 0 Å². The van der Waals surface area contributed by atoms with Crippen molar-refractivity contribution in [3.8, 4) is 0 Å². The first-order valence-corrected chi connectivity index (χ1v) is 13.1. The number of para-hydroxylation sites is 1. The Kier molecular flexibility index (Phi) is 7.15. The minimum atomic E-state index is -3.89. The predicted molar refractivity (Wildman–Crippen MR) is 129 cm³/mol. The summed E-state index contributed by atoms with van der Waals surface area (Å²) in [6.07, 6.45) is 2.32. The SMILES string of the molecule is O=C(NCC(c1cccs1)N1CCCC1)c1cccc(S(=O)(=O)Nc2ccccc2Cl)c1. The van der Waals surface area contributed by atoms with Crippen LogP contribution in [0.1, 0.15) is 34.1 Å². The molecule has 9 heteroatoms. The number of likely N-dealkylation sites (tertiary alicyclic amines) is 1. The van der Waals surface area contributed by atoms with Gasteiger partial charge in [0.05, 0.1) is 21.6 Å². The lowest BCUT2D eigenvalue weighted by molar-refractivity contribution is 0.0938. The topological polar surface area (TPSA) is 78.5 Å². The molecular formula is C23H24ClN3O3S2. The van der Waals surface area contributed by atoms with Crippen LogP contribution < -0.4 is 10.0 Å². The Morgan fingerprint density at radius 2 is 1.84 bits per heavy atom. The Hall–Kier alpha value is -2.39. The molecule has 3 aromatic rings. The van der Waals surface area contributed by atoms with E-state index >= 15 is 0 Å². The van der Waals surface area contributed by atoms with Gasteiger partial charge in [-0.15, -0.1) is 11.3 Å². The van der Waals surface area contributed by atoms with Gasteiger partial charge in [-0.05, 0) is 67.7 Å². The van der Waals surface area contributed by atoms with E-state index in [1.54, 1.807) is 47.7 Å². The Balaban J connectivity index is 1.47. The van der Waals surface area contributed by atoms with Gasteiger partial charge in [-0.2, -0.15) is 0 Å². The molecule has 1 aliphatic rings. The molecule has 0 saturated carbocycles. The first kappa shape index (κ1) is 22.8. The molecule has 32 heavy (non-hydrogen) atoms. The first-order valence-electron chi connectivity index (χ1n) is 10.4. The van der Waals surface area contributed by atoms with Gasteiger partial charge in [-0.3, -0.25) is 14.4 Å². The van der Waals surface area contributed by atoms with E-state index in [1.807, 2.05) is 11.4 Å². The smallest absolute Gasteiger partial charge is 0.261 e. The number of sulfonamides is 1. The van der Waals surface area contributed by atoms with Crippen LogP contribution in [0, 0.1) is 0 Å². The molecule has 1 atom stereocenters. The van der Waals surface area contributed by atoms with Crippen molar-refractivity contribution in [2.75, 3.05) is 24.4 Å². The second kappa shape index (κ2) is 10.0. The van der Waals surface area contributed by atoms with Crippen LogP contribution in [0.25, 0.3) is 0 Å². The van der Waals surface area contributed by atoms with Crippen molar-refractivity contribution in [1.82, 2.24) is 10.2 Å². The summed E-state index contributed by atoms with van der Waals surface area (Å²) < 4.78 is 28.1. The molecule has 2 aromatic carbocycles. The van der Waals surface area contributed by atoms with Crippen molar-refractivity contribution >= 4 is 44.6 Å². The molecule has 4 rings (SSSR count). The molecular weight excluding hydrogens is 466 g/mol. The van der Waals surface area contributed by atoms with Crippen molar-refractivity contribution < 1.29 is 13.2 Å². The van der Waals surface area contributed by atoms with E-state index in [1.165, 1.54) is 17.0 Å². The molecule has 1 aliphatic heterocycles. The molecule has 0 radical (unpaired) electrons. The number of carbonyl (C=O) groups is 1. The molecule has 1 unspecified atom stereocenters. The van der Waals surface area contributed by atoms with E-state index < -0.39 is 10.0 Å². The lowest BCUT2D eigenvalue weighted by Crippen LogP contribution is -2.36. The highest BCUT2D eigenvalue weighted by molar-refractivity contribution is 7.92. The summed E-state index contributed by atoms with van der Waals surface area (Å²) in [4.78, 5) is 16.5. The van der Waals surface area contributed by atoms with E-state index in [-0.39, 0.29) is 22.5 Å². The van der Waals surface area contributed by atoms with Gasteiger partial charge in [-0.25, -0.2) is 8.42 Å². The number of nitrogens with one attached hydrogen (secondary N) is 2. The Labute approximate surface area is 197 Å². The van der Waals surface area contributed by atoms with Crippen LogP contribution in [0.15, 0.2) is 70.9 Å². The molecule has 1 aromatic heterocycles. The molecule has 168 valence electrons. The second-order valence-electron chi connectivity index (χ2n) is 7.60. The van der Waals surface area contributed by atoms with Gasteiger partial charge in [0.25, 0.3) is 15.9 Å². The summed E-state index contributed by atoms with van der Waals surface area (Å²) >= 11 is 7.75. The molecule has 0 bridgehead atoms. The van der Waals surface area contributed by atoms with Crippen LogP contribution >= 0.6 is 22.9 Å². The lowest BCUT2D eigenvalue weighted by atomic mass is 10.2. The Bertz CT molecular complexity index is 1180. The van der Waals surface area contributed by atoms with Gasteiger partial charge in [0.2, 0.25) is 0 Å². The van der Waals surface area contributed by atoms with E-state index in [0.29, 0.717) is 17.1 Å². The predicted octanol–water partition coefficient (Wildman–Crippen LogP) is 4.77. The van der Waals surface area contributed by atoms with Gasteiger partial charge in [0.1, 0.15) is 0 Å². The van der Waals surface area contributed by atoms with Crippen LogP contribution in [0.3, 0.4) is 0 Å². The number of thiophene rings is 1. The quantitative estimate of drug-likeness (QED) is 0.477. The average molecular weight is 490 g/mol. The number of halogens is 1. The van der Waals surface area contributed by atoms with Gasteiger partial charge >= 0.3 is 0 Å². The van der Waals surface area contributed by atoms with Crippen molar-refractivity contribution in [3.05, 3.63) is 81.5 Å². The van der Waals surface area contributed by atoms with Crippen molar-refractivity contribution in [2.45, 2.75) is 23.8 Å². The van der Waals surface area contributed by atoms with Crippen LogP contribution in [0.4, 0.5) is 5.69 Å². The van der Waals surface area contributed by atoms with Crippen molar-refractivity contribution in [2.24, 2.45) is 0 Å². The molecule has 2 heterocycles. The minimum absolute atomic E-state index is 0.000538. The molecule has 1 saturated heterocycles. The van der Waals surface area contributed by atoms with Gasteiger partial charge in [-0.1, -0.05) is 35.9 Å². The number of benzene rings is 2. The highest BCUT2D eigenvalue weighted by atomic mass is 35.5. The number of carbonyl (C=O) groups excluding carboxylic acids is 1.